The van der Waals surface area contributed by atoms with Crippen molar-refractivity contribution in [3.8, 4) is 0 Å². The van der Waals surface area contributed by atoms with E-state index in [-0.39, 0.29) is 12.5 Å². The average Bonchev–Trinajstić information content (AvgIpc) is 2.51. The summed E-state index contributed by atoms with van der Waals surface area (Å²) in [5.41, 5.74) is 0. The molecule has 1 unspecified atom stereocenters. The fourth-order valence-electron chi connectivity index (χ4n) is 2.06. The SMILES string of the molecule is C=CCNC(=O)CN1CCCCCC1C(=O)O. The zero-order chi connectivity index (χ0) is 12.7. The Morgan fingerprint density at radius 1 is 1.41 bits per heavy atom. The third-order valence-electron chi connectivity index (χ3n) is 2.94. The largest absolute Gasteiger partial charge is 0.480 e. The highest BCUT2D eigenvalue weighted by Gasteiger charge is 2.28. The Balaban J connectivity index is 2.54. The van der Waals surface area contributed by atoms with Gasteiger partial charge in [0.25, 0.3) is 0 Å². The number of rotatable bonds is 5. The van der Waals surface area contributed by atoms with Crippen LogP contribution in [-0.4, -0.2) is 47.6 Å². The first-order valence-corrected chi connectivity index (χ1v) is 5.99. The molecule has 17 heavy (non-hydrogen) atoms. The van der Waals surface area contributed by atoms with Gasteiger partial charge < -0.3 is 10.4 Å². The van der Waals surface area contributed by atoms with Crippen molar-refractivity contribution >= 4 is 11.9 Å². The van der Waals surface area contributed by atoms with E-state index < -0.39 is 12.0 Å². The lowest BCUT2D eigenvalue weighted by atomic mass is 10.1. The van der Waals surface area contributed by atoms with Crippen LogP contribution in [-0.2, 0) is 9.59 Å². The molecule has 0 saturated carbocycles. The number of carbonyl (C=O) groups excluding carboxylic acids is 1. The minimum absolute atomic E-state index is 0.141. The number of hydrogen-bond donors (Lipinski definition) is 2. The van der Waals surface area contributed by atoms with Gasteiger partial charge in [0.05, 0.1) is 6.54 Å². The summed E-state index contributed by atoms with van der Waals surface area (Å²) in [6, 6.07) is -0.521. The summed E-state index contributed by atoms with van der Waals surface area (Å²) in [7, 11) is 0. The number of nitrogens with zero attached hydrogens (tertiary/aromatic N) is 1. The monoisotopic (exact) mass is 240 g/mol. The molecule has 0 aromatic carbocycles. The van der Waals surface area contributed by atoms with Crippen LogP contribution < -0.4 is 5.32 Å². The number of aliphatic carboxylic acids is 1. The van der Waals surface area contributed by atoms with Crippen molar-refractivity contribution in [2.24, 2.45) is 0 Å². The fourth-order valence-corrected chi connectivity index (χ4v) is 2.06. The molecule has 96 valence electrons. The smallest absolute Gasteiger partial charge is 0.320 e. The van der Waals surface area contributed by atoms with Crippen LogP contribution in [0.15, 0.2) is 12.7 Å². The van der Waals surface area contributed by atoms with E-state index in [0.717, 1.165) is 19.3 Å². The number of amides is 1. The Hall–Kier alpha value is -1.36. The maximum Gasteiger partial charge on any atom is 0.320 e. The Labute approximate surface area is 101 Å². The highest BCUT2D eigenvalue weighted by atomic mass is 16.4. The lowest BCUT2D eigenvalue weighted by Gasteiger charge is -2.25. The van der Waals surface area contributed by atoms with Crippen LogP contribution in [0.5, 0.6) is 0 Å². The summed E-state index contributed by atoms with van der Waals surface area (Å²) < 4.78 is 0. The predicted octanol–water partition coefficient (Wildman–Crippen LogP) is 0.618. The van der Waals surface area contributed by atoms with Crippen LogP contribution in [0, 0.1) is 0 Å². The maximum absolute atomic E-state index is 11.6. The Bertz CT molecular complexity index is 291. The van der Waals surface area contributed by atoms with Crippen LogP contribution in [0.2, 0.25) is 0 Å². The van der Waals surface area contributed by atoms with Crippen molar-refractivity contribution in [2.45, 2.75) is 31.7 Å². The summed E-state index contributed by atoms with van der Waals surface area (Å²) in [5.74, 6) is -0.971. The molecular weight excluding hydrogens is 220 g/mol. The molecular formula is C12H20N2O3. The highest BCUT2D eigenvalue weighted by Crippen LogP contribution is 2.16. The lowest BCUT2D eigenvalue weighted by molar-refractivity contribution is -0.144. The molecule has 1 aliphatic rings. The molecule has 0 aromatic heterocycles. The number of carboxylic acid groups (broad SMARTS) is 1. The zero-order valence-corrected chi connectivity index (χ0v) is 10.0. The Morgan fingerprint density at radius 3 is 2.82 bits per heavy atom. The van der Waals surface area contributed by atoms with Crippen molar-refractivity contribution in [3.05, 3.63) is 12.7 Å². The molecule has 1 amide bonds. The Kier molecular flexibility index (Phi) is 5.69. The van der Waals surface area contributed by atoms with Gasteiger partial charge in [-0.05, 0) is 19.4 Å². The van der Waals surface area contributed by atoms with Crippen molar-refractivity contribution < 1.29 is 14.7 Å². The van der Waals surface area contributed by atoms with Crippen LogP contribution in [0.3, 0.4) is 0 Å². The van der Waals surface area contributed by atoms with E-state index in [4.69, 9.17) is 5.11 Å². The van der Waals surface area contributed by atoms with Gasteiger partial charge in [-0.25, -0.2) is 0 Å². The van der Waals surface area contributed by atoms with E-state index in [1.807, 2.05) is 0 Å². The second kappa shape index (κ2) is 7.06. The van der Waals surface area contributed by atoms with Gasteiger partial charge in [0.2, 0.25) is 5.91 Å². The zero-order valence-electron chi connectivity index (χ0n) is 10.0. The summed E-state index contributed by atoms with van der Waals surface area (Å²) >= 11 is 0. The first-order valence-electron chi connectivity index (χ1n) is 5.99. The van der Waals surface area contributed by atoms with E-state index in [2.05, 4.69) is 11.9 Å². The Morgan fingerprint density at radius 2 is 2.18 bits per heavy atom. The fraction of sp³-hybridized carbons (Fsp3) is 0.667. The molecule has 1 fully saturated rings. The first kappa shape index (κ1) is 13.7. The first-order chi connectivity index (χ1) is 8.15. The molecule has 5 heteroatoms. The lowest BCUT2D eigenvalue weighted by Crippen LogP contribution is -2.46. The van der Waals surface area contributed by atoms with Crippen LogP contribution in [0.4, 0.5) is 0 Å². The molecule has 1 saturated heterocycles. The summed E-state index contributed by atoms with van der Waals surface area (Å²) in [5, 5.41) is 11.8. The number of carboxylic acids is 1. The molecule has 0 spiro atoms. The molecule has 1 atom stereocenters. The minimum atomic E-state index is -0.830. The standard InChI is InChI=1S/C12H20N2O3/c1-2-7-13-11(15)9-14-8-5-3-4-6-10(14)12(16)17/h2,10H,1,3-9H2,(H,13,15)(H,16,17). The number of carbonyl (C=O) groups is 2. The molecule has 5 nitrogen and oxygen atoms in total. The second-order valence-corrected chi connectivity index (χ2v) is 4.27. The van der Waals surface area contributed by atoms with Gasteiger partial charge in [-0.15, -0.1) is 6.58 Å². The third kappa shape index (κ3) is 4.56. The maximum atomic E-state index is 11.6. The van der Waals surface area contributed by atoms with Crippen molar-refractivity contribution in [2.75, 3.05) is 19.6 Å². The van der Waals surface area contributed by atoms with Gasteiger partial charge in [0.15, 0.2) is 0 Å². The van der Waals surface area contributed by atoms with Crippen LogP contribution >= 0.6 is 0 Å². The topological polar surface area (TPSA) is 69.6 Å². The van der Waals surface area contributed by atoms with Crippen LogP contribution in [0.25, 0.3) is 0 Å². The van der Waals surface area contributed by atoms with Gasteiger partial charge in [-0.3, -0.25) is 14.5 Å². The van der Waals surface area contributed by atoms with Gasteiger partial charge >= 0.3 is 5.97 Å². The molecule has 0 bridgehead atoms. The van der Waals surface area contributed by atoms with Gasteiger partial charge in [-0.1, -0.05) is 18.9 Å². The summed E-state index contributed by atoms with van der Waals surface area (Å²) in [6.07, 6.45) is 5.15. The average molecular weight is 240 g/mol. The normalized spacial score (nSPS) is 21.5. The van der Waals surface area contributed by atoms with Gasteiger partial charge in [-0.2, -0.15) is 0 Å². The highest BCUT2D eigenvalue weighted by molar-refractivity contribution is 5.80. The van der Waals surface area contributed by atoms with Crippen LogP contribution in [0.1, 0.15) is 25.7 Å². The molecule has 0 aromatic rings. The van der Waals surface area contributed by atoms with E-state index in [1.165, 1.54) is 0 Å². The minimum Gasteiger partial charge on any atom is -0.480 e. The van der Waals surface area contributed by atoms with Crippen molar-refractivity contribution in [1.82, 2.24) is 10.2 Å². The molecule has 0 radical (unpaired) electrons. The van der Waals surface area contributed by atoms with E-state index in [9.17, 15) is 9.59 Å². The molecule has 1 aliphatic heterocycles. The molecule has 1 heterocycles. The molecule has 2 N–H and O–H groups in total. The van der Waals surface area contributed by atoms with E-state index >= 15 is 0 Å². The number of likely N-dealkylation sites (tertiary alicyclic amines) is 1. The molecule has 0 aliphatic carbocycles. The van der Waals surface area contributed by atoms with Gasteiger partial charge in [0.1, 0.15) is 6.04 Å². The van der Waals surface area contributed by atoms with Crippen molar-refractivity contribution in [3.63, 3.8) is 0 Å². The van der Waals surface area contributed by atoms with Crippen molar-refractivity contribution in [1.29, 1.82) is 0 Å². The molecule has 1 rings (SSSR count). The van der Waals surface area contributed by atoms with E-state index in [1.54, 1.807) is 11.0 Å². The third-order valence-corrected chi connectivity index (χ3v) is 2.94. The van der Waals surface area contributed by atoms with Gasteiger partial charge in [0, 0.05) is 6.54 Å². The number of nitrogens with one attached hydrogen (secondary N) is 1. The van der Waals surface area contributed by atoms with E-state index in [0.29, 0.717) is 19.5 Å². The summed E-state index contributed by atoms with van der Waals surface area (Å²) in [6.45, 7) is 4.77. The second-order valence-electron chi connectivity index (χ2n) is 4.27. The summed E-state index contributed by atoms with van der Waals surface area (Å²) in [4.78, 5) is 24.4. The number of hydrogen-bond acceptors (Lipinski definition) is 3. The predicted molar refractivity (Wildman–Crippen MR) is 64.7 cm³/mol. The quantitative estimate of drug-likeness (QED) is 0.691.